The van der Waals surface area contributed by atoms with Crippen LogP contribution in [0.15, 0.2) is 0 Å². The molecular formula is C22H41NaO7S. The van der Waals surface area contributed by atoms with Gasteiger partial charge in [0, 0.05) is 0 Å². The van der Waals surface area contributed by atoms with E-state index in [2.05, 4.69) is 13.8 Å². The van der Waals surface area contributed by atoms with E-state index in [1.54, 1.807) is 13.8 Å². The van der Waals surface area contributed by atoms with Crippen molar-refractivity contribution in [3.63, 3.8) is 0 Å². The molecule has 3 atom stereocenters. The molecule has 0 aliphatic carbocycles. The van der Waals surface area contributed by atoms with Gasteiger partial charge in [0.2, 0.25) is 0 Å². The third-order valence-electron chi connectivity index (χ3n) is 5.04. The number of esters is 2. The summed E-state index contributed by atoms with van der Waals surface area (Å²) < 4.78 is 44.9. The fraction of sp³-hybridized carbons (Fsp3) is 0.909. The maximum absolute atomic E-state index is 12.2. The topological polar surface area (TPSA) is 110 Å². The van der Waals surface area contributed by atoms with Crippen molar-refractivity contribution in [2.45, 2.75) is 129 Å². The first-order valence-corrected chi connectivity index (χ1v) is 12.9. The van der Waals surface area contributed by atoms with E-state index in [1.807, 2.05) is 0 Å². The average molecular weight is 473 g/mol. The third kappa shape index (κ3) is 18.0. The standard InChI is InChI=1S/C22H42O7S.Na/c1-5-7-9-11-13-15-18(3)28-21(23)17-20(30(25,26)27)22(24)29-19(4)16-14-12-10-8-6-2;/h18-20H,5-17H2,1-4H3,(H,25,26,27);/q;+1/p-1. The van der Waals surface area contributed by atoms with Gasteiger partial charge >= 0.3 is 41.5 Å². The van der Waals surface area contributed by atoms with Gasteiger partial charge in [0.1, 0.15) is 10.1 Å². The molecule has 0 aliphatic heterocycles. The Morgan fingerprint density at radius 2 is 1.19 bits per heavy atom. The number of hydrogen-bond acceptors (Lipinski definition) is 7. The largest absolute Gasteiger partial charge is 1.00 e. The minimum Gasteiger partial charge on any atom is -0.747 e. The summed E-state index contributed by atoms with van der Waals surface area (Å²) in [5, 5.41) is -2.07. The second-order valence-corrected chi connectivity index (χ2v) is 9.69. The minimum atomic E-state index is -5.03. The van der Waals surface area contributed by atoms with Gasteiger partial charge in [-0.1, -0.05) is 65.2 Å². The van der Waals surface area contributed by atoms with Gasteiger partial charge in [-0.25, -0.2) is 8.42 Å². The maximum atomic E-state index is 12.2. The van der Waals surface area contributed by atoms with Crippen molar-refractivity contribution in [1.82, 2.24) is 0 Å². The first-order valence-electron chi connectivity index (χ1n) is 11.5. The van der Waals surface area contributed by atoms with E-state index in [4.69, 9.17) is 9.47 Å². The summed E-state index contributed by atoms with van der Waals surface area (Å²) in [6.07, 6.45) is 10.1. The Hall–Kier alpha value is -0.150. The molecule has 0 aromatic rings. The molecule has 0 saturated heterocycles. The number of carbonyl (C=O) groups is 2. The summed E-state index contributed by atoms with van der Waals surface area (Å²) in [4.78, 5) is 24.3. The van der Waals surface area contributed by atoms with Crippen LogP contribution in [0.25, 0.3) is 0 Å². The zero-order valence-electron chi connectivity index (χ0n) is 20.2. The molecule has 0 saturated carbocycles. The summed E-state index contributed by atoms with van der Waals surface area (Å²) in [5.74, 6) is -2.04. The van der Waals surface area contributed by atoms with Gasteiger partial charge in [0.05, 0.1) is 18.6 Å². The number of hydrogen-bond donors (Lipinski definition) is 0. The van der Waals surface area contributed by atoms with Crippen molar-refractivity contribution < 1.29 is 61.6 Å². The van der Waals surface area contributed by atoms with Gasteiger partial charge < -0.3 is 14.0 Å². The maximum Gasteiger partial charge on any atom is 1.00 e. The quantitative estimate of drug-likeness (QED) is 0.130. The average Bonchev–Trinajstić information content (AvgIpc) is 2.64. The Morgan fingerprint density at radius 1 is 0.774 bits per heavy atom. The van der Waals surface area contributed by atoms with Gasteiger partial charge in [-0.3, -0.25) is 9.59 Å². The summed E-state index contributed by atoms with van der Waals surface area (Å²) in [6.45, 7) is 7.63. The molecule has 0 aliphatic rings. The van der Waals surface area contributed by atoms with Crippen LogP contribution in [0.4, 0.5) is 0 Å². The van der Waals surface area contributed by atoms with E-state index in [1.165, 1.54) is 0 Å². The molecule has 0 amide bonds. The van der Waals surface area contributed by atoms with Crippen LogP contribution in [0, 0.1) is 0 Å². The van der Waals surface area contributed by atoms with E-state index in [9.17, 15) is 22.6 Å². The Kier molecular flexibility index (Phi) is 20.6. The third-order valence-corrected chi connectivity index (χ3v) is 6.10. The number of unbranched alkanes of at least 4 members (excludes halogenated alkanes) is 8. The predicted molar refractivity (Wildman–Crippen MR) is 116 cm³/mol. The molecule has 0 bridgehead atoms. The number of carbonyl (C=O) groups excluding carboxylic acids is 2. The van der Waals surface area contributed by atoms with Crippen LogP contribution in [0.3, 0.4) is 0 Å². The fourth-order valence-electron chi connectivity index (χ4n) is 3.19. The molecule has 0 rings (SSSR count). The molecule has 178 valence electrons. The van der Waals surface area contributed by atoms with Gasteiger partial charge in [0.25, 0.3) is 0 Å². The molecule has 0 aromatic carbocycles. The van der Waals surface area contributed by atoms with E-state index >= 15 is 0 Å². The molecule has 7 nitrogen and oxygen atoms in total. The van der Waals surface area contributed by atoms with Crippen LogP contribution >= 0.6 is 0 Å². The molecule has 0 radical (unpaired) electrons. The van der Waals surface area contributed by atoms with E-state index < -0.39 is 45.9 Å². The predicted octanol–water partition coefficient (Wildman–Crippen LogP) is 1.88. The van der Waals surface area contributed by atoms with Gasteiger partial charge in [-0.05, 0) is 39.5 Å². The number of rotatable bonds is 18. The first kappa shape index (κ1) is 33.0. The van der Waals surface area contributed by atoms with Gasteiger partial charge in [0.15, 0.2) is 5.25 Å². The molecule has 0 N–H and O–H groups in total. The minimum absolute atomic E-state index is 0. The van der Waals surface area contributed by atoms with Gasteiger partial charge in [-0.2, -0.15) is 0 Å². The Morgan fingerprint density at radius 3 is 1.61 bits per heavy atom. The second kappa shape index (κ2) is 19.3. The summed E-state index contributed by atoms with van der Waals surface area (Å²) in [6, 6.07) is 0. The van der Waals surface area contributed by atoms with Crippen molar-refractivity contribution in [2.75, 3.05) is 0 Å². The van der Waals surface area contributed by atoms with Crippen LogP contribution in [0.5, 0.6) is 0 Å². The van der Waals surface area contributed by atoms with Crippen molar-refractivity contribution in [2.24, 2.45) is 0 Å². The van der Waals surface area contributed by atoms with Crippen molar-refractivity contribution in [3.05, 3.63) is 0 Å². The fourth-order valence-corrected chi connectivity index (χ4v) is 3.82. The molecule has 3 unspecified atom stereocenters. The SMILES string of the molecule is CCCCCCCC(C)OC(=O)CC(C(=O)OC(C)CCCCCCC)S(=O)(=O)[O-].[Na+]. The molecule has 0 fully saturated rings. The van der Waals surface area contributed by atoms with Crippen LogP contribution in [-0.2, 0) is 29.2 Å². The Labute approximate surface area is 211 Å². The number of ether oxygens (including phenoxy) is 2. The van der Waals surface area contributed by atoms with Gasteiger partial charge in [-0.15, -0.1) is 0 Å². The zero-order chi connectivity index (χ0) is 23.0. The molecule has 0 aromatic heterocycles. The van der Waals surface area contributed by atoms with E-state index in [0.717, 1.165) is 64.2 Å². The molecule has 0 heterocycles. The normalized spacial score (nSPS) is 14.2. The molecule has 31 heavy (non-hydrogen) atoms. The van der Waals surface area contributed by atoms with Crippen molar-refractivity contribution in [3.8, 4) is 0 Å². The molecular weight excluding hydrogens is 431 g/mol. The van der Waals surface area contributed by atoms with Crippen LogP contribution < -0.4 is 29.6 Å². The van der Waals surface area contributed by atoms with E-state index in [-0.39, 0.29) is 29.6 Å². The Balaban J connectivity index is 0. The van der Waals surface area contributed by atoms with E-state index in [0.29, 0.717) is 12.8 Å². The van der Waals surface area contributed by atoms with Crippen LogP contribution in [0.1, 0.15) is 111 Å². The first-order chi connectivity index (χ1) is 14.1. The summed E-state index contributed by atoms with van der Waals surface area (Å²) in [7, 11) is -5.03. The summed E-state index contributed by atoms with van der Waals surface area (Å²) >= 11 is 0. The molecule has 0 spiro atoms. The van der Waals surface area contributed by atoms with Crippen LogP contribution in [-0.4, -0.2) is 42.4 Å². The molecule has 9 heteroatoms. The zero-order valence-corrected chi connectivity index (χ0v) is 23.0. The van der Waals surface area contributed by atoms with Crippen molar-refractivity contribution in [1.29, 1.82) is 0 Å². The second-order valence-electron chi connectivity index (χ2n) is 8.14. The van der Waals surface area contributed by atoms with Crippen LogP contribution in [0.2, 0.25) is 0 Å². The summed E-state index contributed by atoms with van der Waals surface area (Å²) in [5.41, 5.74) is 0. The van der Waals surface area contributed by atoms with Crippen molar-refractivity contribution >= 4 is 22.1 Å². The Bertz CT molecular complexity index is 580. The monoisotopic (exact) mass is 472 g/mol. The smallest absolute Gasteiger partial charge is 0.747 e.